The number of hydrogen-bond donors (Lipinski definition) is 0. The van der Waals surface area contributed by atoms with E-state index in [0.29, 0.717) is 31.2 Å². The highest BCUT2D eigenvalue weighted by Crippen LogP contribution is 2.38. The summed E-state index contributed by atoms with van der Waals surface area (Å²) in [4.78, 5) is 0.377. The van der Waals surface area contributed by atoms with E-state index in [1.54, 1.807) is 12.1 Å². The van der Waals surface area contributed by atoms with Gasteiger partial charge in [-0.25, -0.2) is 8.42 Å². The first kappa shape index (κ1) is 16.9. The number of nitrogens with zero attached hydrogens (tertiary/aromatic N) is 1. The van der Waals surface area contributed by atoms with Crippen molar-refractivity contribution in [1.29, 1.82) is 0 Å². The molecule has 2 aliphatic heterocycles. The summed E-state index contributed by atoms with van der Waals surface area (Å²) in [6.45, 7) is 7.99. The molecule has 1 unspecified atom stereocenters. The highest BCUT2D eigenvalue weighted by Gasteiger charge is 2.52. The van der Waals surface area contributed by atoms with Crippen LogP contribution >= 0.6 is 0 Å². The van der Waals surface area contributed by atoms with E-state index in [4.69, 9.17) is 9.47 Å². The third-order valence-corrected chi connectivity index (χ3v) is 6.38. The molecular weight excluding hydrogens is 314 g/mol. The van der Waals surface area contributed by atoms with Gasteiger partial charge < -0.3 is 9.47 Å². The summed E-state index contributed by atoms with van der Waals surface area (Å²) < 4.78 is 38.7. The number of rotatable bonds is 4. The zero-order chi connectivity index (χ0) is 16.7. The quantitative estimate of drug-likeness (QED) is 0.844. The molecule has 0 aliphatic carbocycles. The zero-order valence-electron chi connectivity index (χ0n) is 14.0. The lowest BCUT2D eigenvalue weighted by Crippen LogP contribution is -2.67. The number of benzene rings is 1. The minimum absolute atomic E-state index is 0.180. The highest BCUT2D eigenvalue weighted by atomic mass is 32.2. The Bertz CT molecular complexity index is 658. The summed E-state index contributed by atoms with van der Waals surface area (Å²) in [5, 5.41) is 0. The van der Waals surface area contributed by atoms with Crippen LogP contribution in [0, 0.1) is 13.8 Å². The summed E-state index contributed by atoms with van der Waals surface area (Å²) in [6, 6.07) is 5.45. The molecule has 3 rings (SSSR count). The van der Waals surface area contributed by atoms with Crippen LogP contribution in [0.15, 0.2) is 23.1 Å². The van der Waals surface area contributed by atoms with Crippen molar-refractivity contribution < 1.29 is 17.9 Å². The molecule has 6 heteroatoms. The first-order valence-electron chi connectivity index (χ1n) is 8.19. The smallest absolute Gasteiger partial charge is 0.243 e. The fourth-order valence-corrected chi connectivity index (χ4v) is 5.36. The Hall–Kier alpha value is -0.950. The first-order valence-corrected chi connectivity index (χ1v) is 9.63. The molecule has 0 aromatic heterocycles. The van der Waals surface area contributed by atoms with Crippen molar-refractivity contribution >= 4 is 10.0 Å². The van der Waals surface area contributed by atoms with Crippen LogP contribution in [-0.4, -0.2) is 50.7 Å². The van der Waals surface area contributed by atoms with Crippen molar-refractivity contribution in [2.75, 3.05) is 26.3 Å². The molecule has 2 aliphatic rings. The van der Waals surface area contributed by atoms with E-state index in [9.17, 15) is 8.42 Å². The summed E-state index contributed by atoms with van der Waals surface area (Å²) in [5.41, 5.74) is 1.57. The maximum absolute atomic E-state index is 12.8. The van der Waals surface area contributed by atoms with Gasteiger partial charge in [0.15, 0.2) is 0 Å². The summed E-state index contributed by atoms with van der Waals surface area (Å²) in [6.07, 6.45) is 1.85. The Balaban J connectivity index is 1.72. The van der Waals surface area contributed by atoms with Crippen LogP contribution < -0.4 is 0 Å². The van der Waals surface area contributed by atoms with Gasteiger partial charge in [-0.15, -0.1) is 0 Å². The lowest BCUT2D eigenvalue weighted by molar-refractivity contribution is -0.177. The maximum atomic E-state index is 12.8. The van der Waals surface area contributed by atoms with Crippen LogP contribution in [0.4, 0.5) is 0 Å². The Kier molecular flexibility index (Phi) is 4.53. The standard InChI is InChI=1S/C17H25NO4S/c1-4-21-15-5-6-22-17(10-15)11-18(12-17)23(19,20)16-8-13(2)7-14(3)9-16/h7-9,15H,4-6,10-12H2,1-3H3. The van der Waals surface area contributed by atoms with Crippen molar-refractivity contribution in [2.24, 2.45) is 0 Å². The average Bonchev–Trinajstić information content (AvgIpc) is 2.44. The molecule has 2 saturated heterocycles. The van der Waals surface area contributed by atoms with E-state index < -0.39 is 10.0 Å². The lowest BCUT2D eigenvalue weighted by atomic mass is 9.86. The molecule has 0 N–H and O–H groups in total. The van der Waals surface area contributed by atoms with Crippen molar-refractivity contribution in [1.82, 2.24) is 4.31 Å². The summed E-state index contributed by atoms with van der Waals surface area (Å²) in [7, 11) is -3.44. The fraction of sp³-hybridized carbons (Fsp3) is 0.647. The molecule has 0 radical (unpaired) electrons. The Morgan fingerprint density at radius 2 is 1.91 bits per heavy atom. The molecule has 23 heavy (non-hydrogen) atoms. The van der Waals surface area contributed by atoms with Gasteiger partial charge in [0, 0.05) is 32.7 Å². The molecule has 0 amide bonds. The van der Waals surface area contributed by atoms with Gasteiger partial charge in [0.05, 0.1) is 16.6 Å². The van der Waals surface area contributed by atoms with Crippen LogP contribution in [0.25, 0.3) is 0 Å². The SMILES string of the molecule is CCOC1CCOC2(C1)CN(S(=O)(=O)c1cc(C)cc(C)c1)C2. The van der Waals surface area contributed by atoms with E-state index in [1.165, 1.54) is 4.31 Å². The largest absolute Gasteiger partial charge is 0.378 e. The third kappa shape index (κ3) is 3.31. The monoisotopic (exact) mass is 339 g/mol. The van der Waals surface area contributed by atoms with Crippen LogP contribution in [0.5, 0.6) is 0 Å². The number of sulfonamides is 1. The molecule has 1 spiro atoms. The zero-order valence-corrected chi connectivity index (χ0v) is 14.9. The van der Waals surface area contributed by atoms with Gasteiger partial charge in [0.25, 0.3) is 0 Å². The Morgan fingerprint density at radius 1 is 1.26 bits per heavy atom. The fourth-order valence-electron chi connectivity index (χ4n) is 3.58. The van der Waals surface area contributed by atoms with Crippen molar-refractivity contribution in [3.63, 3.8) is 0 Å². The molecule has 128 valence electrons. The van der Waals surface area contributed by atoms with Gasteiger partial charge in [-0.3, -0.25) is 0 Å². The molecule has 2 fully saturated rings. The second-order valence-corrected chi connectivity index (χ2v) is 8.64. The maximum Gasteiger partial charge on any atom is 0.243 e. The van der Waals surface area contributed by atoms with E-state index in [0.717, 1.165) is 24.0 Å². The molecule has 1 atom stereocenters. The molecule has 0 bridgehead atoms. The lowest BCUT2D eigenvalue weighted by Gasteiger charge is -2.52. The molecule has 1 aromatic carbocycles. The van der Waals surface area contributed by atoms with Crippen molar-refractivity contribution in [3.8, 4) is 0 Å². The van der Waals surface area contributed by atoms with Crippen LogP contribution in [0.2, 0.25) is 0 Å². The van der Waals surface area contributed by atoms with Gasteiger partial charge in [-0.2, -0.15) is 4.31 Å². The second kappa shape index (κ2) is 6.16. The van der Waals surface area contributed by atoms with Gasteiger partial charge in [-0.05, 0) is 50.5 Å². The normalized spacial score (nSPS) is 24.6. The van der Waals surface area contributed by atoms with E-state index in [-0.39, 0.29) is 11.7 Å². The number of aryl methyl sites for hydroxylation is 2. The van der Waals surface area contributed by atoms with Crippen molar-refractivity contribution in [3.05, 3.63) is 29.3 Å². The number of ether oxygens (including phenoxy) is 2. The molecule has 0 saturated carbocycles. The molecule has 2 heterocycles. The Labute approximate surface area is 138 Å². The minimum Gasteiger partial charge on any atom is -0.378 e. The van der Waals surface area contributed by atoms with E-state index in [2.05, 4.69) is 0 Å². The predicted molar refractivity (Wildman–Crippen MR) is 88.0 cm³/mol. The number of hydrogen-bond acceptors (Lipinski definition) is 4. The van der Waals surface area contributed by atoms with Crippen LogP contribution in [0.3, 0.4) is 0 Å². The minimum atomic E-state index is -3.44. The molecule has 5 nitrogen and oxygen atoms in total. The van der Waals surface area contributed by atoms with Gasteiger partial charge in [0.1, 0.15) is 0 Å². The summed E-state index contributed by atoms with van der Waals surface area (Å²) >= 11 is 0. The van der Waals surface area contributed by atoms with Gasteiger partial charge >= 0.3 is 0 Å². The van der Waals surface area contributed by atoms with Gasteiger partial charge in [0.2, 0.25) is 10.0 Å². The highest BCUT2D eigenvalue weighted by molar-refractivity contribution is 7.89. The first-order chi connectivity index (χ1) is 10.8. The topological polar surface area (TPSA) is 55.8 Å². The Morgan fingerprint density at radius 3 is 2.52 bits per heavy atom. The predicted octanol–water partition coefficient (Wildman–Crippen LogP) is 2.26. The second-order valence-electron chi connectivity index (χ2n) is 6.70. The molecular formula is C17H25NO4S. The van der Waals surface area contributed by atoms with E-state index >= 15 is 0 Å². The summed E-state index contributed by atoms with van der Waals surface area (Å²) in [5.74, 6) is 0. The van der Waals surface area contributed by atoms with Crippen LogP contribution in [0.1, 0.15) is 30.9 Å². The molecule has 1 aromatic rings. The van der Waals surface area contributed by atoms with Gasteiger partial charge in [-0.1, -0.05) is 6.07 Å². The average molecular weight is 339 g/mol. The van der Waals surface area contributed by atoms with E-state index in [1.807, 2.05) is 26.8 Å². The van der Waals surface area contributed by atoms with Crippen LogP contribution in [-0.2, 0) is 19.5 Å². The van der Waals surface area contributed by atoms with Crippen molar-refractivity contribution in [2.45, 2.75) is 50.2 Å². The third-order valence-electron chi connectivity index (χ3n) is 4.61.